The zero-order chi connectivity index (χ0) is 18.0. The Morgan fingerprint density at radius 3 is 2.60 bits per heavy atom. The van der Waals surface area contributed by atoms with E-state index in [1.165, 1.54) is 0 Å². The van der Waals surface area contributed by atoms with Crippen molar-refractivity contribution in [3.8, 4) is 0 Å². The van der Waals surface area contributed by atoms with Crippen molar-refractivity contribution in [2.75, 3.05) is 25.0 Å². The second-order valence-corrected chi connectivity index (χ2v) is 7.98. The predicted octanol–water partition coefficient (Wildman–Crippen LogP) is 3.98. The number of carbonyl (C=O) groups is 2. The SMILES string of the molecule is CC(C)N1CC2(CCC1=O)CCN(C(=O)Nc1cccc(Cl)c1)CC2. The van der Waals surface area contributed by atoms with Gasteiger partial charge in [0.1, 0.15) is 0 Å². The maximum absolute atomic E-state index is 12.5. The number of nitrogens with one attached hydrogen (secondary N) is 1. The molecule has 3 amide bonds. The van der Waals surface area contributed by atoms with E-state index < -0.39 is 0 Å². The van der Waals surface area contributed by atoms with Gasteiger partial charge >= 0.3 is 6.03 Å². The molecule has 2 heterocycles. The van der Waals surface area contributed by atoms with Crippen LogP contribution in [-0.4, -0.2) is 47.4 Å². The minimum absolute atomic E-state index is 0.0790. The van der Waals surface area contributed by atoms with E-state index in [0.717, 1.165) is 38.9 Å². The Kier molecular flexibility index (Phi) is 5.23. The first-order valence-corrected chi connectivity index (χ1v) is 9.37. The van der Waals surface area contributed by atoms with Gasteiger partial charge in [-0.3, -0.25) is 4.79 Å². The number of amides is 3. The molecule has 25 heavy (non-hydrogen) atoms. The van der Waals surface area contributed by atoms with Gasteiger partial charge in [0.2, 0.25) is 5.91 Å². The Bertz CT molecular complexity index is 654. The Hall–Kier alpha value is -1.75. The van der Waals surface area contributed by atoms with E-state index in [-0.39, 0.29) is 23.4 Å². The monoisotopic (exact) mass is 363 g/mol. The molecule has 6 heteroatoms. The second-order valence-electron chi connectivity index (χ2n) is 7.54. The maximum atomic E-state index is 12.5. The van der Waals surface area contributed by atoms with Crippen LogP contribution in [0.1, 0.15) is 39.5 Å². The molecular weight excluding hydrogens is 338 g/mol. The van der Waals surface area contributed by atoms with Gasteiger partial charge < -0.3 is 15.1 Å². The van der Waals surface area contributed by atoms with E-state index in [0.29, 0.717) is 17.1 Å². The van der Waals surface area contributed by atoms with Crippen molar-refractivity contribution in [3.05, 3.63) is 29.3 Å². The van der Waals surface area contributed by atoms with Gasteiger partial charge in [-0.05, 0) is 56.7 Å². The lowest BCUT2D eigenvalue weighted by Crippen LogP contribution is -2.54. The lowest BCUT2D eigenvalue weighted by molar-refractivity contribution is -0.141. The summed E-state index contributed by atoms with van der Waals surface area (Å²) >= 11 is 5.97. The van der Waals surface area contributed by atoms with Crippen molar-refractivity contribution in [2.24, 2.45) is 5.41 Å². The molecule has 1 spiro atoms. The van der Waals surface area contributed by atoms with Gasteiger partial charge in [-0.1, -0.05) is 17.7 Å². The minimum Gasteiger partial charge on any atom is -0.340 e. The molecular formula is C19H26ClN3O2. The highest BCUT2D eigenvalue weighted by Gasteiger charge is 2.42. The van der Waals surface area contributed by atoms with Crippen molar-refractivity contribution < 1.29 is 9.59 Å². The van der Waals surface area contributed by atoms with Gasteiger partial charge in [-0.25, -0.2) is 4.79 Å². The molecule has 1 N–H and O–H groups in total. The van der Waals surface area contributed by atoms with Crippen LogP contribution < -0.4 is 5.32 Å². The van der Waals surface area contributed by atoms with Gasteiger partial charge in [-0.15, -0.1) is 0 Å². The molecule has 0 saturated carbocycles. The fraction of sp³-hybridized carbons (Fsp3) is 0.579. The van der Waals surface area contributed by atoms with Crippen LogP contribution in [0.2, 0.25) is 5.02 Å². The Morgan fingerprint density at radius 2 is 1.96 bits per heavy atom. The van der Waals surface area contributed by atoms with Gasteiger partial charge in [0, 0.05) is 42.8 Å². The number of piperidine rings is 2. The van der Waals surface area contributed by atoms with E-state index in [4.69, 9.17) is 11.6 Å². The lowest BCUT2D eigenvalue weighted by Gasteiger charge is -2.48. The molecule has 2 fully saturated rings. The first-order chi connectivity index (χ1) is 11.9. The first-order valence-electron chi connectivity index (χ1n) is 9.00. The summed E-state index contributed by atoms with van der Waals surface area (Å²) in [6, 6.07) is 7.36. The standard InChI is InChI=1S/C19H26ClN3O2/c1-14(2)23-13-19(7-6-17(23)24)8-10-22(11-9-19)18(25)21-16-5-3-4-15(20)12-16/h3-5,12,14H,6-11,13H2,1-2H3,(H,21,25). The Morgan fingerprint density at radius 1 is 1.24 bits per heavy atom. The summed E-state index contributed by atoms with van der Waals surface area (Å²) in [5, 5.41) is 3.52. The fourth-order valence-electron chi connectivity index (χ4n) is 3.88. The van der Waals surface area contributed by atoms with Crippen LogP contribution in [-0.2, 0) is 4.79 Å². The third-order valence-electron chi connectivity index (χ3n) is 5.51. The maximum Gasteiger partial charge on any atom is 0.321 e. The molecule has 5 nitrogen and oxygen atoms in total. The van der Waals surface area contributed by atoms with Crippen LogP contribution in [0.4, 0.5) is 10.5 Å². The summed E-state index contributed by atoms with van der Waals surface area (Å²) in [7, 11) is 0. The number of likely N-dealkylation sites (tertiary alicyclic amines) is 2. The molecule has 2 aliphatic heterocycles. The fourth-order valence-corrected chi connectivity index (χ4v) is 4.07. The molecule has 0 bridgehead atoms. The average Bonchev–Trinajstić information content (AvgIpc) is 2.58. The smallest absolute Gasteiger partial charge is 0.321 e. The number of benzene rings is 1. The number of halogens is 1. The van der Waals surface area contributed by atoms with Crippen LogP contribution in [0.3, 0.4) is 0 Å². The molecule has 2 saturated heterocycles. The zero-order valence-corrected chi connectivity index (χ0v) is 15.7. The largest absolute Gasteiger partial charge is 0.340 e. The van der Waals surface area contributed by atoms with Gasteiger partial charge in [0.15, 0.2) is 0 Å². The van der Waals surface area contributed by atoms with Gasteiger partial charge in [0.25, 0.3) is 0 Å². The number of nitrogens with zero attached hydrogens (tertiary/aromatic N) is 2. The van der Waals surface area contributed by atoms with E-state index in [1.54, 1.807) is 12.1 Å². The third kappa shape index (κ3) is 4.09. The van der Waals surface area contributed by atoms with E-state index >= 15 is 0 Å². The summed E-state index contributed by atoms with van der Waals surface area (Å²) in [6.45, 7) is 6.43. The topological polar surface area (TPSA) is 52.7 Å². The molecule has 3 rings (SSSR count). The molecule has 2 aliphatic rings. The molecule has 0 unspecified atom stereocenters. The van der Waals surface area contributed by atoms with Crippen molar-refractivity contribution in [2.45, 2.75) is 45.6 Å². The lowest BCUT2D eigenvalue weighted by atomic mass is 9.72. The molecule has 0 aliphatic carbocycles. The van der Waals surface area contributed by atoms with E-state index in [2.05, 4.69) is 19.2 Å². The molecule has 0 radical (unpaired) electrons. The van der Waals surface area contributed by atoms with Crippen molar-refractivity contribution >= 4 is 29.2 Å². The van der Waals surface area contributed by atoms with Gasteiger partial charge in [-0.2, -0.15) is 0 Å². The van der Waals surface area contributed by atoms with Crippen LogP contribution in [0.15, 0.2) is 24.3 Å². The zero-order valence-electron chi connectivity index (χ0n) is 14.9. The second kappa shape index (κ2) is 7.24. The first kappa shape index (κ1) is 18.1. The van der Waals surface area contributed by atoms with Gasteiger partial charge in [0.05, 0.1) is 0 Å². The summed E-state index contributed by atoms with van der Waals surface area (Å²) in [4.78, 5) is 28.5. The van der Waals surface area contributed by atoms with E-state index in [9.17, 15) is 9.59 Å². The van der Waals surface area contributed by atoms with E-state index in [1.807, 2.05) is 21.9 Å². The molecule has 1 aromatic carbocycles. The molecule has 1 aromatic rings. The summed E-state index contributed by atoms with van der Waals surface area (Å²) in [5.74, 6) is 0.266. The van der Waals surface area contributed by atoms with Crippen LogP contribution in [0.25, 0.3) is 0 Å². The summed E-state index contributed by atoms with van der Waals surface area (Å²) in [5.41, 5.74) is 0.886. The summed E-state index contributed by atoms with van der Waals surface area (Å²) in [6.07, 6.45) is 3.48. The van der Waals surface area contributed by atoms with Crippen LogP contribution in [0.5, 0.6) is 0 Å². The van der Waals surface area contributed by atoms with Crippen molar-refractivity contribution in [1.82, 2.24) is 9.80 Å². The number of hydrogen-bond acceptors (Lipinski definition) is 2. The number of carbonyl (C=O) groups excluding carboxylic acids is 2. The Balaban J connectivity index is 1.58. The molecule has 0 aromatic heterocycles. The van der Waals surface area contributed by atoms with Crippen LogP contribution in [0, 0.1) is 5.41 Å². The number of hydrogen-bond donors (Lipinski definition) is 1. The number of rotatable bonds is 2. The quantitative estimate of drug-likeness (QED) is 0.863. The Labute approximate surface area is 154 Å². The summed E-state index contributed by atoms with van der Waals surface area (Å²) < 4.78 is 0. The number of urea groups is 1. The average molecular weight is 364 g/mol. The van der Waals surface area contributed by atoms with Crippen molar-refractivity contribution in [3.63, 3.8) is 0 Å². The van der Waals surface area contributed by atoms with Crippen molar-refractivity contribution in [1.29, 1.82) is 0 Å². The highest BCUT2D eigenvalue weighted by atomic mass is 35.5. The molecule has 136 valence electrons. The predicted molar refractivity (Wildman–Crippen MR) is 99.8 cm³/mol. The van der Waals surface area contributed by atoms with Crippen LogP contribution >= 0.6 is 11.6 Å². The third-order valence-corrected chi connectivity index (χ3v) is 5.74. The highest BCUT2D eigenvalue weighted by molar-refractivity contribution is 6.30. The highest BCUT2D eigenvalue weighted by Crippen LogP contribution is 2.40. The minimum atomic E-state index is -0.0790. The number of anilines is 1. The molecule has 0 atom stereocenters. The normalized spacial score (nSPS) is 20.2.